The van der Waals surface area contributed by atoms with E-state index in [1.54, 1.807) is 55.5 Å². The summed E-state index contributed by atoms with van der Waals surface area (Å²) in [6.45, 7) is 11.6. The molecule has 0 aromatic heterocycles. The first-order valence-electron chi connectivity index (χ1n) is 14.6. The number of nitrogens with one attached hydrogen (secondary N) is 2. The SMILES string of the molecule is C=C/C=C(\C=C)C(OCC1CC1)c1cccc(NC(=O)/C(=C/C(=C/CC)C(F)(F)F)Nc2cccc(CCCC)c2)c1F. The molecule has 1 amide bonds. The Morgan fingerprint density at radius 2 is 1.86 bits per heavy atom. The van der Waals surface area contributed by atoms with Crippen LogP contribution in [0.25, 0.3) is 0 Å². The Balaban J connectivity index is 1.99. The number of hydrogen-bond acceptors (Lipinski definition) is 3. The van der Waals surface area contributed by atoms with Crippen LogP contribution < -0.4 is 10.6 Å². The first-order valence-corrected chi connectivity index (χ1v) is 14.6. The fourth-order valence-electron chi connectivity index (χ4n) is 4.45. The van der Waals surface area contributed by atoms with Gasteiger partial charge in [-0.3, -0.25) is 4.79 Å². The zero-order chi connectivity index (χ0) is 31.4. The van der Waals surface area contributed by atoms with Crippen molar-refractivity contribution in [2.75, 3.05) is 17.2 Å². The second-order valence-corrected chi connectivity index (χ2v) is 10.5. The van der Waals surface area contributed by atoms with Crippen molar-refractivity contribution in [2.45, 2.75) is 64.7 Å². The number of carbonyl (C=O) groups excluding carboxylic acids is 1. The molecule has 2 aromatic rings. The number of anilines is 2. The van der Waals surface area contributed by atoms with Crippen LogP contribution in [-0.2, 0) is 16.0 Å². The molecule has 2 aromatic carbocycles. The molecule has 1 aliphatic carbocycles. The summed E-state index contributed by atoms with van der Waals surface area (Å²) in [4.78, 5) is 13.5. The van der Waals surface area contributed by atoms with Crippen molar-refractivity contribution in [3.05, 3.63) is 120 Å². The molecular formula is C35H40F4N2O2. The summed E-state index contributed by atoms with van der Waals surface area (Å²) < 4.78 is 63.6. The van der Waals surface area contributed by atoms with Gasteiger partial charge in [0.05, 0.1) is 17.9 Å². The van der Waals surface area contributed by atoms with Crippen molar-refractivity contribution in [2.24, 2.45) is 5.92 Å². The summed E-state index contributed by atoms with van der Waals surface area (Å²) in [6.07, 6.45) is 5.93. The van der Waals surface area contributed by atoms with E-state index in [-0.39, 0.29) is 23.4 Å². The van der Waals surface area contributed by atoms with Crippen molar-refractivity contribution < 1.29 is 27.1 Å². The largest absolute Gasteiger partial charge is 0.416 e. The Hall–Kier alpha value is -3.91. The lowest BCUT2D eigenvalue weighted by Crippen LogP contribution is -2.23. The minimum absolute atomic E-state index is 0.107. The number of alkyl halides is 3. The first-order chi connectivity index (χ1) is 20.6. The van der Waals surface area contributed by atoms with Crippen molar-refractivity contribution in [3.63, 3.8) is 0 Å². The number of hydrogen-bond donors (Lipinski definition) is 2. The van der Waals surface area contributed by atoms with Gasteiger partial charge in [0.2, 0.25) is 0 Å². The number of halogens is 4. The van der Waals surface area contributed by atoms with Crippen LogP contribution in [0.4, 0.5) is 28.9 Å². The molecule has 1 atom stereocenters. The fourth-order valence-corrected chi connectivity index (χ4v) is 4.45. The molecule has 0 aliphatic heterocycles. The normalized spacial score (nSPS) is 15.2. The molecule has 43 heavy (non-hydrogen) atoms. The molecule has 4 nitrogen and oxygen atoms in total. The van der Waals surface area contributed by atoms with E-state index in [2.05, 4.69) is 30.7 Å². The quantitative estimate of drug-likeness (QED) is 0.115. The third-order valence-corrected chi connectivity index (χ3v) is 6.92. The number of amides is 1. The molecule has 2 N–H and O–H groups in total. The molecule has 1 unspecified atom stereocenters. The number of unbranched alkanes of at least 4 members (excludes halogenated alkanes) is 1. The monoisotopic (exact) mass is 596 g/mol. The van der Waals surface area contributed by atoms with E-state index < -0.39 is 29.6 Å². The highest BCUT2D eigenvalue weighted by Gasteiger charge is 2.33. The Morgan fingerprint density at radius 3 is 2.49 bits per heavy atom. The maximum absolute atomic E-state index is 16.0. The van der Waals surface area contributed by atoms with E-state index in [1.807, 2.05) is 6.07 Å². The highest BCUT2D eigenvalue weighted by molar-refractivity contribution is 6.06. The average Bonchev–Trinajstić information content (AvgIpc) is 3.80. The topological polar surface area (TPSA) is 50.4 Å². The summed E-state index contributed by atoms with van der Waals surface area (Å²) in [5.41, 5.74) is 0.617. The number of aryl methyl sites for hydroxylation is 1. The zero-order valence-corrected chi connectivity index (χ0v) is 24.8. The van der Waals surface area contributed by atoms with Gasteiger partial charge < -0.3 is 15.4 Å². The van der Waals surface area contributed by atoms with Gasteiger partial charge in [0.1, 0.15) is 11.8 Å². The van der Waals surface area contributed by atoms with Gasteiger partial charge in [0, 0.05) is 11.3 Å². The van der Waals surface area contributed by atoms with Gasteiger partial charge in [-0.1, -0.05) is 82.0 Å². The third kappa shape index (κ3) is 10.1. The molecule has 0 radical (unpaired) electrons. The minimum Gasteiger partial charge on any atom is -0.368 e. The van der Waals surface area contributed by atoms with Crippen molar-refractivity contribution in [1.82, 2.24) is 0 Å². The van der Waals surface area contributed by atoms with E-state index >= 15 is 4.39 Å². The van der Waals surface area contributed by atoms with E-state index in [1.165, 1.54) is 6.07 Å². The van der Waals surface area contributed by atoms with E-state index in [0.717, 1.165) is 49.8 Å². The smallest absolute Gasteiger partial charge is 0.368 e. The molecule has 0 saturated heterocycles. The lowest BCUT2D eigenvalue weighted by Gasteiger charge is -2.22. The third-order valence-electron chi connectivity index (χ3n) is 6.92. The molecule has 230 valence electrons. The predicted octanol–water partition coefficient (Wildman–Crippen LogP) is 9.77. The summed E-state index contributed by atoms with van der Waals surface area (Å²) in [6, 6.07) is 11.6. The maximum atomic E-state index is 16.0. The average molecular weight is 597 g/mol. The molecule has 1 fully saturated rings. The Morgan fingerprint density at radius 1 is 1.12 bits per heavy atom. The fraction of sp³-hybridized carbons (Fsp3) is 0.343. The standard InChI is InChI=1S/C35H40F4N2O2/c1-5-9-14-24-15-10-16-28(21-24)40-31(22-27(13-7-3)35(37,38)39)34(42)41-30-18-11-17-29(32(30)36)33(26(8-4)12-6-2)43-23-25-19-20-25/h6,8,10-13,15-18,21-22,25,33,40H,2,4-5,7,9,14,19-20,23H2,1,3H3,(H,41,42)/b26-12+,27-13-,31-22-. The lowest BCUT2D eigenvalue weighted by molar-refractivity contribution is -0.112. The van der Waals surface area contributed by atoms with Crippen LogP contribution in [0.5, 0.6) is 0 Å². The maximum Gasteiger partial charge on any atom is 0.416 e. The van der Waals surface area contributed by atoms with Crippen molar-refractivity contribution >= 4 is 17.3 Å². The van der Waals surface area contributed by atoms with Gasteiger partial charge >= 0.3 is 6.18 Å². The highest BCUT2D eigenvalue weighted by Crippen LogP contribution is 2.36. The van der Waals surface area contributed by atoms with Crippen LogP contribution in [0.15, 0.2) is 103 Å². The lowest BCUT2D eigenvalue weighted by atomic mass is 9.99. The first kappa shape index (κ1) is 33.6. The van der Waals surface area contributed by atoms with E-state index in [9.17, 15) is 18.0 Å². The molecule has 0 spiro atoms. The Kier molecular flexibility index (Phi) is 12.6. The van der Waals surface area contributed by atoms with Gasteiger partial charge in [0.25, 0.3) is 5.91 Å². The molecule has 1 saturated carbocycles. The van der Waals surface area contributed by atoms with Crippen LogP contribution in [0.1, 0.15) is 63.2 Å². The number of rotatable bonds is 16. The molecule has 0 heterocycles. The molecule has 1 aliphatic rings. The Bertz CT molecular complexity index is 1370. The number of carbonyl (C=O) groups is 1. The summed E-state index contributed by atoms with van der Waals surface area (Å²) in [5.74, 6) is -1.28. The zero-order valence-electron chi connectivity index (χ0n) is 24.8. The second kappa shape index (κ2) is 16.1. The van der Waals surface area contributed by atoms with Crippen LogP contribution >= 0.6 is 0 Å². The summed E-state index contributed by atoms with van der Waals surface area (Å²) >= 11 is 0. The van der Waals surface area contributed by atoms with Gasteiger partial charge in [-0.15, -0.1) is 0 Å². The second-order valence-electron chi connectivity index (χ2n) is 10.5. The molecule has 3 rings (SSSR count). The summed E-state index contributed by atoms with van der Waals surface area (Å²) in [5, 5.41) is 5.32. The molecule has 0 bridgehead atoms. The van der Waals surface area contributed by atoms with E-state index in [0.29, 0.717) is 23.8 Å². The predicted molar refractivity (Wildman–Crippen MR) is 166 cm³/mol. The van der Waals surface area contributed by atoms with Gasteiger partial charge in [-0.05, 0) is 73.4 Å². The summed E-state index contributed by atoms with van der Waals surface area (Å²) in [7, 11) is 0. The van der Waals surface area contributed by atoms with Crippen LogP contribution in [0.3, 0.4) is 0 Å². The van der Waals surface area contributed by atoms with Crippen LogP contribution in [0.2, 0.25) is 0 Å². The van der Waals surface area contributed by atoms with Gasteiger partial charge in [0.15, 0.2) is 5.82 Å². The molecule has 8 heteroatoms. The van der Waals surface area contributed by atoms with Gasteiger partial charge in [-0.25, -0.2) is 4.39 Å². The van der Waals surface area contributed by atoms with E-state index in [4.69, 9.17) is 4.74 Å². The Labute approximate surface area is 251 Å². The highest BCUT2D eigenvalue weighted by atomic mass is 19.4. The minimum atomic E-state index is -4.69. The number of ether oxygens (including phenoxy) is 1. The van der Waals surface area contributed by atoms with Crippen molar-refractivity contribution in [3.8, 4) is 0 Å². The van der Waals surface area contributed by atoms with Crippen molar-refractivity contribution in [1.29, 1.82) is 0 Å². The number of benzene rings is 2. The van der Waals surface area contributed by atoms with Gasteiger partial charge in [-0.2, -0.15) is 13.2 Å². The molecular weight excluding hydrogens is 556 g/mol. The van der Waals surface area contributed by atoms with Crippen LogP contribution in [-0.4, -0.2) is 18.7 Å². The van der Waals surface area contributed by atoms with Crippen LogP contribution in [0, 0.1) is 11.7 Å². The number of allylic oxidation sites excluding steroid dienone is 5.